The Balaban J connectivity index is 1.35. The van der Waals surface area contributed by atoms with Crippen molar-refractivity contribution in [2.75, 3.05) is 26.2 Å². The molecule has 4 heterocycles. The number of esters is 1. The van der Waals surface area contributed by atoms with Gasteiger partial charge in [-0.15, -0.1) is 0 Å². The van der Waals surface area contributed by atoms with Crippen LogP contribution in [-0.2, 0) is 49.0 Å². The van der Waals surface area contributed by atoms with E-state index in [0.29, 0.717) is 51.8 Å². The van der Waals surface area contributed by atoms with Crippen molar-refractivity contribution in [3.8, 4) is 11.4 Å². The Morgan fingerprint density at radius 1 is 1.18 bits per heavy atom. The molecule has 2 amide bonds. The fraction of sp³-hybridized carbons (Fsp3) is 0.486. The number of aliphatic carboxylic acids is 1. The van der Waals surface area contributed by atoms with E-state index < -0.39 is 59.1 Å². The van der Waals surface area contributed by atoms with Crippen LogP contribution in [0.25, 0.3) is 22.3 Å². The van der Waals surface area contributed by atoms with Crippen LogP contribution in [0.3, 0.4) is 0 Å². The van der Waals surface area contributed by atoms with Gasteiger partial charge >= 0.3 is 18.0 Å². The Labute approximate surface area is 286 Å². The van der Waals surface area contributed by atoms with Crippen molar-refractivity contribution < 1.29 is 43.3 Å². The Hall–Kier alpha value is -4.89. The summed E-state index contributed by atoms with van der Waals surface area (Å²) in [4.78, 5) is 70.0. The zero-order chi connectivity index (χ0) is 36.3. The zero-order valence-electron chi connectivity index (χ0n) is 28.6. The lowest BCUT2D eigenvalue weighted by molar-refractivity contribution is -0.172. The number of carbonyl (C=O) groups is 4. The van der Waals surface area contributed by atoms with Crippen LogP contribution in [0.5, 0.6) is 0 Å². The van der Waals surface area contributed by atoms with Crippen molar-refractivity contribution in [1.82, 2.24) is 25.1 Å². The summed E-state index contributed by atoms with van der Waals surface area (Å²) >= 11 is 0. The predicted molar refractivity (Wildman–Crippen MR) is 177 cm³/mol. The number of nitrogens with one attached hydrogen (secondary N) is 2. The minimum Gasteiger partial charge on any atom is -0.480 e. The van der Waals surface area contributed by atoms with Crippen molar-refractivity contribution in [3.63, 3.8) is 0 Å². The average molecular weight is 694 g/mol. The Bertz CT molecular complexity index is 2020. The molecule has 0 unspecified atom stereocenters. The van der Waals surface area contributed by atoms with Crippen LogP contribution < -0.4 is 16.2 Å². The second-order valence-corrected chi connectivity index (χ2v) is 14.0. The molecule has 15 heteroatoms. The fourth-order valence-corrected chi connectivity index (χ4v) is 7.18. The molecule has 2 aliphatic heterocycles. The van der Waals surface area contributed by atoms with E-state index in [1.54, 1.807) is 40.7 Å². The minimum absolute atomic E-state index is 0.0249. The van der Waals surface area contributed by atoms with Gasteiger partial charge in [-0.25, -0.2) is 19.0 Å². The van der Waals surface area contributed by atoms with Gasteiger partial charge in [-0.05, 0) is 69.7 Å². The molecule has 14 nitrogen and oxygen atoms in total. The van der Waals surface area contributed by atoms with Crippen LogP contribution >= 0.6 is 0 Å². The number of cyclic esters (lactones) is 1. The summed E-state index contributed by atoms with van der Waals surface area (Å²) in [6.07, 6.45) is 0.136. The molecule has 0 saturated carbocycles. The van der Waals surface area contributed by atoms with E-state index in [2.05, 4.69) is 10.6 Å². The maximum atomic E-state index is 15.2. The number of rotatable bonds is 9. The molecule has 0 radical (unpaired) electrons. The van der Waals surface area contributed by atoms with E-state index >= 15 is 4.39 Å². The molecule has 1 aliphatic carbocycles. The fourth-order valence-electron chi connectivity index (χ4n) is 7.18. The van der Waals surface area contributed by atoms with Gasteiger partial charge in [0.15, 0.2) is 5.60 Å². The number of fused-ring (bicyclic) bond motifs is 5. The number of ether oxygens (including phenoxy) is 2. The van der Waals surface area contributed by atoms with Gasteiger partial charge in [0, 0.05) is 35.7 Å². The number of amides is 2. The number of nitrogens with zero attached hydrogens (tertiary/aromatic N) is 3. The highest BCUT2D eigenvalue weighted by molar-refractivity contribution is 5.94. The van der Waals surface area contributed by atoms with Crippen LogP contribution in [0, 0.1) is 12.7 Å². The number of carboxylic acids is 1. The first-order valence-electron chi connectivity index (χ1n) is 16.5. The van der Waals surface area contributed by atoms with Gasteiger partial charge in [0.25, 0.3) is 5.56 Å². The number of carboxylic acid groups (broad SMARTS) is 1. The van der Waals surface area contributed by atoms with Gasteiger partial charge < -0.3 is 34.9 Å². The highest BCUT2D eigenvalue weighted by atomic mass is 19.1. The van der Waals surface area contributed by atoms with Crippen molar-refractivity contribution in [2.24, 2.45) is 0 Å². The van der Waals surface area contributed by atoms with Crippen LogP contribution in [-0.4, -0.2) is 80.4 Å². The summed E-state index contributed by atoms with van der Waals surface area (Å²) in [5, 5.41) is 27.1. The van der Waals surface area contributed by atoms with E-state index in [0.717, 1.165) is 5.56 Å². The van der Waals surface area contributed by atoms with Gasteiger partial charge in [0.2, 0.25) is 5.91 Å². The number of pyridine rings is 2. The number of hydrogen-bond acceptors (Lipinski definition) is 10. The van der Waals surface area contributed by atoms with Crippen molar-refractivity contribution in [3.05, 3.63) is 61.7 Å². The van der Waals surface area contributed by atoms with E-state index in [1.165, 1.54) is 15.5 Å². The molecule has 2 atom stereocenters. The molecule has 266 valence electrons. The number of carbonyl (C=O) groups excluding carboxylic acids is 3. The molecule has 6 rings (SSSR count). The molecule has 3 aliphatic rings. The molecule has 50 heavy (non-hydrogen) atoms. The van der Waals surface area contributed by atoms with Crippen molar-refractivity contribution in [1.29, 1.82) is 0 Å². The topological polar surface area (TPSA) is 189 Å². The highest BCUT2D eigenvalue weighted by Crippen LogP contribution is 2.46. The molecule has 3 aromatic rings. The van der Waals surface area contributed by atoms with Gasteiger partial charge in [0.1, 0.15) is 18.0 Å². The summed E-state index contributed by atoms with van der Waals surface area (Å²) in [5.41, 5.74) is 0.721. The summed E-state index contributed by atoms with van der Waals surface area (Å²) < 4.78 is 27.1. The van der Waals surface area contributed by atoms with E-state index in [-0.39, 0.29) is 50.3 Å². The molecular weight excluding hydrogens is 653 g/mol. The van der Waals surface area contributed by atoms with Gasteiger partial charge in [-0.3, -0.25) is 19.3 Å². The first-order valence-corrected chi connectivity index (χ1v) is 16.5. The Morgan fingerprint density at radius 3 is 2.60 bits per heavy atom. The monoisotopic (exact) mass is 693 g/mol. The maximum absolute atomic E-state index is 15.2. The Kier molecular flexibility index (Phi) is 8.93. The molecule has 2 aromatic heterocycles. The molecule has 0 spiro atoms. The van der Waals surface area contributed by atoms with E-state index in [4.69, 9.17) is 14.5 Å². The maximum Gasteiger partial charge on any atom is 0.407 e. The minimum atomic E-state index is -2.02. The van der Waals surface area contributed by atoms with Crippen LogP contribution in [0.15, 0.2) is 16.9 Å². The highest BCUT2D eigenvalue weighted by Gasteiger charge is 2.46. The van der Waals surface area contributed by atoms with Crippen LogP contribution in [0.1, 0.15) is 80.0 Å². The average Bonchev–Trinajstić information content (AvgIpc) is 3.39. The van der Waals surface area contributed by atoms with Gasteiger partial charge in [0.05, 0.1) is 48.1 Å². The first-order chi connectivity index (χ1) is 23.5. The third-order valence-electron chi connectivity index (χ3n) is 9.54. The van der Waals surface area contributed by atoms with E-state index in [1.807, 2.05) is 0 Å². The smallest absolute Gasteiger partial charge is 0.407 e. The van der Waals surface area contributed by atoms with Crippen LogP contribution in [0.2, 0.25) is 0 Å². The normalized spacial score (nSPS) is 19.0. The number of halogens is 1. The molecule has 1 aromatic carbocycles. The standard InChI is InChI=1S/C35H40FN5O9/c1-6-35(48)21-11-25-30-19(13-41(25)31(45)20(21)16-49-32(35)46)29-23(8-7-18-17(2)22(36)12-24(39-30)28(18)29)38-26(42)14-40(15-27(43)44)10-9-37-33(47)50-34(3,4)5/h11-12,23,48H,6-10,13-16H2,1-5H3,(H,37,47)(H,38,42)(H,43,44)/t23-,35-/m0/s1. The summed E-state index contributed by atoms with van der Waals surface area (Å²) in [6, 6.07) is 2.31. The number of hydrogen-bond donors (Lipinski definition) is 4. The SMILES string of the molecule is CC[C@@]1(O)C(=O)OCc2c1cc1n(c2=O)Cc2c-1nc1cc(F)c(C)c3c1c2[C@@H](NC(=O)CN(CCNC(=O)OC(C)(C)C)CC(=O)O)CC3. The molecule has 0 saturated heterocycles. The Morgan fingerprint density at radius 2 is 1.92 bits per heavy atom. The van der Waals surface area contributed by atoms with Crippen molar-refractivity contribution in [2.45, 2.75) is 84.3 Å². The number of aliphatic hydroxyl groups is 1. The second kappa shape index (κ2) is 12.8. The lowest BCUT2D eigenvalue weighted by Crippen LogP contribution is -2.45. The number of aryl methyl sites for hydroxylation is 1. The van der Waals surface area contributed by atoms with Gasteiger partial charge in [-0.2, -0.15) is 0 Å². The van der Waals surface area contributed by atoms with Crippen molar-refractivity contribution >= 4 is 34.8 Å². The third kappa shape index (κ3) is 6.19. The predicted octanol–water partition coefficient (Wildman–Crippen LogP) is 2.54. The molecule has 0 fully saturated rings. The lowest BCUT2D eigenvalue weighted by atomic mass is 9.81. The first kappa shape index (κ1) is 35.0. The quantitative estimate of drug-likeness (QED) is 0.189. The summed E-state index contributed by atoms with van der Waals surface area (Å²) in [6.45, 7) is 7.58. The third-order valence-corrected chi connectivity index (χ3v) is 9.54. The molecule has 4 N–H and O–H groups in total. The largest absolute Gasteiger partial charge is 0.480 e. The molecular formula is C35H40FN5O9. The number of aromatic nitrogens is 2. The second-order valence-electron chi connectivity index (χ2n) is 14.0. The van der Waals surface area contributed by atoms with E-state index in [9.17, 15) is 34.2 Å². The zero-order valence-corrected chi connectivity index (χ0v) is 28.6. The van der Waals surface area contributed by atoms with Crippen LogP contribution in [0.4, 0.5) is 9.18 Å². The molecule has 0 bridgehead atoms. The summed E-state index contributed by atoms with van der Waals surface area (Å²) in [7, 11) is 0. The number of benzene rings is 1. The summed E-state index contributed by atoms with van der Waals surface area (Å²) in [5.74, 6) is -2.91. The number of alkyl carbamates (subject to hydrolysis) is 1. The van der Waals surface area contributed by atoms with Gasteiger partial charge in [-0.1, -0.05) is 6.92 Å². The lowest BCUT2D eigenvalue weighted by Gasteiger charge is -2.31.